The maximum atomic E-state index is 14.5. The van der Waals surface area contributed by atoms with Crippen LogP contribution in [0.3, 0.4) is 0 Å². The van der Waals surface area contributed by atoms with E-state index in [1.807, 2.05) is 24.1 Å². The fourth-order valence-corrected chi connectivity index (χ4v) is 4.62. The summed E-state index contributed by atoms with van der Waals surface area (Å²) in [7, 11) is 1.88. The minimum atomic E-state index is -0.515. The van der Waals surface area contributed by atoms with Gasteiger partial charge in [-0.05, 0) is 48.7 Å². The Kier molecular flexibility index (Phi) is 9.01. The zero-order valence-corrected chi connectivity index (χ0v) is 19.7. The highest BCUT2D eigenvalue weighted by Crippen LogP contribution is 2.32. The van der Waals surface area contributed by atoms with Crippen LogP contribution in [-0.2, 0) is 11.2 Å². The Labute approximate surface area is 192 Å². The van der Waals surface area contributed by atoms with Gasteiger partial charge in [-0.25, -0.2) is 9.38 Å². The Hall–Kier alpha value is -1.76. The Balaban J connectivity index is 0.00000320. The predicted molar refractivity (Wildman–Crippen MR) is 128 cm³/mol. The molecular formula is C22H26Cl2FN3OS. The number of benzene rings is 2. The van der Waals surface area contributed by atoms with Crippen LogP contribution in [0.2, 0.25) is 5.02 Å². The van der Waals surface area contributed by atoms with E-state index in [1.165, 1.54) is 36.3 Å². The normalized spacial score (nSPS) is 17.2. The number of nitrogens with zero attached hydrogens (tertiary/aromatic N) is 3. The summed E-state index contributed by atoms with van der Waals surface area (Å²) in [6.45, 7) is 3.63. The molecule has 1 atom stereocenters. The molecule has 8 heteroatoms. The van der Waals surface area contributed by atoms with Crippen molar-refractivity contribution in [2.24, 2.45) is 4.99 Å². The molecule has 0 spiro atoms. The number of amides is 1. The van der Waals surface area contributed by atoms with Gasteiger partial charge in [0.25, 0.3) is 0 Å². The molecule has 1 aliphatic rings. The Morgan fingerprint density at radius 1 is 1.30 bits per heavy atom. The van der Waals surface area contributed by atoms with Crippen LogP contribution in [-0.4, -0.2) is 34.9 Å². The summed E-state index contributed by atoms with van der Waals surface area (Å²) >= 11 is 7.42. The van der Waals surface area contributed by atoms with E-state index < -0.39 is 5.82 Å². The van der Waals surface area contributed by atoms with Crippen molar-refractivity contribution in [1.82, 2.24) is 4.90 Å². The number of halogens is 3. The molecule has 30 heavy (non-hydrogen) atoms. The molecule has 1 unspecified atom stereocenters. The van der Waals surface area contributed by atoms with E-state index in [0.29, 0.717) is 10.8 Å². The highest BCUT2D eigenvalue weighted by molar-refractivity contribution is 8.14. The quantitative estimate of drug-likeness (QED) is 0.498. The van der Waals surface area contributed by atoms with E-state index in [2.05, 4.69) is 19.1 Å². The van der Waals surface area contributed by atoms with Gasteiger partial charge in [0.1, 0.15) is 12.0 Å². The summed E-state index contributed by atoms with van der Waals surface area (Å²) in [6.07, 6.45) is 3.10. The third-order valence-electron chi connectivity index (χ3n) is 4.90. The van der Waals surface area contributed by atoms with Crippen molar-refractivity contribution < 1.29 is 9.18 Å². The van der Waals surface area contributed by atoms with Gasteiger partial charge >= 0.3 is 0 Å². The number of carbonyl (C=O) groups is 1. The molecule has 0 bridgehead atoms. The molecule has 1 amide bonds. The third-order valence-corrected chi connectivity index (χ3v) is 6.23. The summed E-state index contributed by atoms with van der Waals surface area (Å²) in [5.41, 5.74) is 2.40. The van der Waals surface area contributed by atoms with Crippen LogP contribution in [0.4, 0.5) is 15.8 Å². The van der Waals surface area contributed by atoms with Crippen molar-refractivity contribution in [2.45, 2.75) is 39.3 Å². The van der Waals surface area contributed by atoms with E-state index in [-0.39, 0.29) is 30.2 Å². The second-order valence-corrected chi connectivity index (χ2v) is 8.48. The number of aryl methyl sites for hydroxylation is 1. The first-order valence-electron chi connectivity index (χ1n) is 9.68. The summed E-state index contributed by atoms with van der Waals surface area (Å²) in [4.78, 5) is 20.5. The lowest BCUT2D eigenvalue weighted by molar-refractivity contribution is -0.117. The molecule has 1 saturated heterocycles. The molecule has 1 fully saturated rings. The first-order chi connectivity index (χ1) is 13.9. The van der Waals surface area contributed by atoms with Crippen molar-refractivity contribution in [1.29, 1.82) is 0 Å². The maximum Gasteiger partial charge on any atom is 0.225 e. The van der Waals surface area contributed by atoms with Crippen LogP contribution >= 0.6 is 35.8 Å². The first kappa shape index (κ1) is 24.5. The third kappa shape index (κ3) is 5.68. The minimum Gasteiger partial charge on any atom is -0.333 e. The van der Waals surface area contributed by atoms with Crippen molar-refractivity contribution in [2.75, 3.05) is 17.7 Å². The molecule has 0 saturated carbocycles. The fraction of sp³-hybridized carbons (Fsp3) is 0.364. The van der Waals surface area contributed by atoms with Crippen LogP contribution in [0.25, 0.3) is 0 Å². The summed E-state index contributed by atoms with van der Waals surface area (Å²) < 4.78 is 14.5. The van der Waals surface area contributed by atoms with Gasteiger partial charge in [-0.3, -0.25) is 9.69 Å². The van der Waals surface area contributed by atoms with Gasteiger partial charge in [0.15, 0.2) is 5.17 Å². The van der Waals surface area contributed by atoms with Gasteiger partial charge in [0.05, 0.1) is 11.4 Å². The number of anilines is 1. The molecule has 1 aliphatic heterocycles. The summed E-state index contributed by atoms with van der Waals surface area (Å²) in [5.74, 6) is -0.143. The lowest BCUT2D eigenvalue weighted by Gasteiger charge is -2.33. The highest BCUT2D eigenvalue weighted by Gasteiger charge is 2.35. The second-order valence-electron chi connectivity index (χ2n) is 7.05. The standard InChI is InChI=1S/C22H25ClFN3OS.ClH/c1-4-5-6-16-7-10-18(11-8-16)25-22-26(3)21(14-29-22)27(15(2)28)20-12-9-17(23)13-19(20)24;/h7-13,21H,4-6,14H2,1-3H3;1H. The lowest BCUT2D eigenvalue weighted by atomic mass is 10.1. The highest BCUT2D eigenvalue weighted by atomic mass is 35.5. The summed E-state index contributed by atoms with van der Waals surface area (Å²) in [6, 6.07) is 12.6. The van der Waals surface area contributed by atoms with Crippen LogP contribution in [0.5, 0.6) is 0 Å². The maximum absolute atomic E-state index is 14.5. The van der Waals surface area contributed by atoms with Crippen molar-refractivity contribution in [3.63, 3.8) is 0 Å². The van der Waals surface area contributed by atoms with Crippen molar-refractivity contribution in [3.8, 4) is 0 Å². The van der Waals surface area contributed by atoms with Gasteiger partial charge in [0, 0.05) is 24.7 Å². The molecule has 0 radical (unpaired) electrons. The molecule has 3 rings (SSSR count). The Morgan fingerprint density at radius 2 is 2.00 bits per heavy atom. The molecule has 0 aliphatic carbocycles. The number of hydrogen-bond donors (Lipinski definition) is 0. The number of unbranched alkanes of at least 4 members (excludes halogenated alkanes) is 1. The number of hydrogen-bond acceptors (Lipinski definition) is 3. The Morgan fingerprint density at radius 3 is 2.60 bits per heavy atom. The first-order valence-corrected chi connectivity index (χ1v) is 11.0. The van der Waals surface area contributed by atoms with E-state index in [1.54, 1.807) is 23.9 Å². The lowest BCUT2D eigenvalue weighted by Crippen LogP contribution is -2.48. The monoisotopic (exact) mass is 469 g/mol. The molecule has 162 valence electrons. The van der Waals surface area contributed by atoms with E-state index in [9.17, 15) is 9.18 Å². The zero-order chi connectivity index (χ0) is 21.0. The smallest absolute Gasteiger partial charge is 0.225 e. The number of amidine groups is 1. The molecule has 2 aromatic rings. The van der Waals surface area contributed by atoms with Gasteiger partial charge in [0.2, 0.25) is 5.91 Å². The largest absolute Gasteiger partial charge is 0.333 e. The predicted octanol–water partition coefficient (Wildman–Crippen LogP) is 6.29. The average Bonchev–Trinajstić information content (AvgIpc) is 3.03. The Bertz CT molecular complexity index is 908. The number of aliphatic imine (C=N–C) groups is 1. The molecule has 2 aromatic carbocycles. The van der Waals surface area contributed by atoms with Gasteiger partial charge in [-0.15, -0.1) is 12.4 Å². The topological polar surface area (TPSA) is 35.9 Å². The zero-order valence-electron chi connectivity index (χ0n) is 17.3. The van der Waals surface area contributed by atoms with Gasteiger partial charge in [-0.1, -0.05) is 48.8 Å². The number of carbonyl (C=O) groups excluding carboxylic acids is 1. The molecule has 4 nitrogen and oxygen atoms in total. The van der Waals surface area contributed by atoms with Crippen LogP contribution in [0.15, 0.2) is 47.5 Å². The fourth-order valence-electron chi connectivity index (χ4n) is 3.29. The van der Waals surface area contributed by atoms with E-state index in [0.717, 1.165) is 17.3 Å². The van der Waals surface area contributed by atoms with Crippen LogP contribution in [0.1, 0.15) is 32.3 Å². The molecule has 1 heterocycles. The number of thioether (sulfide) groups is 1. The second kappa shape index (κ2) is 11.0. The van der Waals surface area contributed by atoms with Crippen molar-refractivity contribution in [3.05, 3.63) is 58.9 Å². The minimum absolute atomic E-state index is 0. The average molecular weight is 470 g/mol. The number of rotatable bonds is 6. The summed E-state index contributed by atoms with van der Waals surface area (Å²) in [5, 5.41) is 1.10. The van der Waals surface area contributed by atoms with Crippen LogP contribution in [0, 0.1) is 5.82 Å². The SMILES string of the molecule is CCCCc1ccc(N=C2SCC(N(C(C)=O)c3ccc(Cl)cc3F)N2C)cc1.Cl. The molecule has 0 aromatic heterocycles. The van der Waals surface area contributed by atoms with Crippen LogP contribution < -0.4 is 4.90 Å². The molecule has 0 N–H and O–H groups in total. The van der Waals surface area contributed by atoms with Gasteiger partial charge < -0.3 is 4.90 Å². The molecular weight excluding hydrogens is 444 g/mol. The van der Waals surface area contributed by atoms with Gasteiger partial charge in [-0.2, -0.15) is 0 Å². The van der Waals surface area contributed by atoms with Crippen molar-refractivity contribution >= 4 is 58.2 Å². The van der Waals surface area contributed by atoms with E-state index >= 15 is 0 Å². The van der Waals surface area contributed by atoms with E-state index in [4.69, 9.17) is 16.6 Å².